The minimum atomic E-state index is -1.14. The molecule has 0 spiro atoms. The molecule has 3 N–H and O–H groups in total. The van der Waals surface area contributed by atoms with Crippen molar-refractivity contribution in [3.05, 3.63) is 52.2 Å². The molecule has 0 radical (unpaired) electrons. The van der Waals surface area contributed by atoms with Crippen molar-refractivity contribution in [3.63, 3.8) is 0 Å². The van der Waals surface area contributed by atoms with E-state index in [0.29, 0.717) is 24.5 Å². The monoisotopic (exact) mass is 400 g/mol. The van der Waals surface area contributed by atoms with E-state index in [-0.39, 0.29) is 5.28 Å². The van der Waals surface area contributed by atoms with Crippen molar-refractivity contribution in [2.24, 2.45) is 5.73 Å². The van der Waals surface area contributed by atoms with Gasteiger partial charge in [-0.05, 0) is 73.5 Å². The largest absolute Gasteiger partial charge is 0.364 e. The number of pyridine rings is 1. The molecule has 6 nitrogen and oxygen atoms in total. The van der Waals surface area contributed by atoms with Crippen molar-refractivity contribution in [1.29, 1.82) is 0 Å². The number of nitrogens with two attached hydrogens (primary N) is 1. The molecule has 146 valence electrons. The van der Waals surface area contributed by atoms with Crippen LogP contribution < -0.4 is 11.1 Å². The number of halogens is 2. The Kier molecular flexibility index (Phi) is 6.12. The molecular formula is C20H22ClFN6. The molecule has 3 aromatic heterocycles. The second-order valence-corrected chi connectivity index (χ2v) is 6.91. The quantitative estimate of drug-likeness (QED) is 0.620. The van der Waals surface area contributed by atoms with Crippen LogP contribution in [0.25, 0.3) is 5.52 Å². The van der Waals surface area contributed by atoms with Crippen LogP contribution in [-0.4, -0.2) is 31.8 Å². The second-order valence-electron chi connectivity index (χ2n) is 6.57. The fourth-order valence-electron chi connectivity index (χ4n) is 3.05. The van der Waals surface area contributed by atoms with E-state index in [0.717, 1.165) is 22.2 Å². The first-order valence-corrected chi connectivity index (χ1v) is 9.33. The molecule has 0 aliphatic heterocycles. The molecular weight excluding hydrogens is 379 g/mol. The van der Waals surface area contributed by atoms with E-state index in [1.54, 1.807) is 23.8 Å². The highest BCUT2D eigenvalue weighted by molar-refractivity contribution is 6.28. The van der Waals surface area contributed by atoms with Gasteiger partial charge in [0.25, 0.3) is 0 Å². The minimum absolute atomic E-state index is 0.0913. The van der Waals surface area contributed by atoms with Crippen LogP contribution in [-0.2, 0) is 13.0 Å². The summed E-state index contributed by atoms with van der Waals surface area (Å²) in [4.78, 5) is 8.38. The van der Waals surface area contributed by atoms with E-state index >= 15 is 0 Å². The van der Waals surface area contributed by atoms with Gasteiger partial charge in [0.05, 0.1) is 0 Å². The number of nitrogens with zero attached hydrogens (tertiary/aromatic N) is 4. The first kappa shape index (κ1) is 20.1. The maximum absolute atomic E-state index is 13.7. The normalized spacial score (nSPS) is 13.1. The summed E-state index contributed by atoms with van der Waals surface area (Å²) in [5.74, 6) is 6.54. The molecule has 2 atom stereocenters. The number of aromatic nitrogens is 4. The summed E-state index contributed by atoms with van der Waals surface area (Å²) in [5.41, 5.74) is 10.2. The number of rotatable bonds is 6. The lowest BCUT2D eigenvalue weighted by molar-refractivity contribution is 0.304. The van der Waals surface area contributed by atoms with Crippen molar-refractivity contribution in [2.45, 2.75) is 46.0 Å². The van der Waals surface area contributed by atoms with Gasteiger partial charge < -0.3 is 11.1 Å². The van der Waals surface area contributed by atoms with E-state index < -0.39 is 12.2 Å². The van der Waals surface area contributed by atoms with Crippen molar-refractivity contribution in [2.75, 3.05) is 5.32 Å². The summed E-state index contributed by atoms with van der Waals surface area (Å²) in [6.45, 7) is 5.68. The molecule has 8 heteroatoms. The van der Waals surface area contributed by atoms with Crippen LogP contribution in [0.4, 0.5) is 10.2 Å². The van der Waals surface area contributed by atoms with Crippen molar-refractivity contribution in [1.82, 2.24) is 19.6 Å². The van der Waals surface area contributed by atoms with E-state index in [4.69, 9.17) is 17.3 Å². The van der Waals surface area contributed by atoms with Crippen LogP contribution in [0.1, 0.15) is 36.2 Å². The minimum Gasteiger partial charge on any atom is -0.364 e. The van der Waals surface area contributed by atoms with Gasteiger partial charge in [-0.3, -0.25) is 4.98 Å². The first-order chi connectivity index (χ1) is 13.4. The highest BCUT2D eigenvalue weighted by atomic mass is 35.5. The fraction of sp³-hybridized carbons (Fsp3) is 0.350. The van der Waals surface area contributed by atoms with Gasteiger partial charge in [0.1, 0.15) is 17.4 Å². The van der Waals surface area contributed by atoms with Crippen LogP contribution in [0.5, 0.6) is 0 Å². The topological polar surface area (TPSA) is 81.1 Å². The van der Waals surface area contributed by atoms with E-state index in [9.17, 15) is 4.39 Å². The molecule has 3 rings (SSSR count). The lowest BCUT2D eigenvalue weighted by atomic mass is 10.00. The second kappa shape index (κ2) is 8.55. The molecule has 0 aromatic carbocycles. The summed E-state index contributed by atoms with van der Waals surface area (Å²) >= 11 is 6.17. The summed E-state index contributed by atoms with van der Waals surface area (Å²) in [6, 6.07) is 3.20. The maximum Gasteiger partial charge on any atom is 0.243 e. The zero-order chi connectivity index (χ0) is 20.3. The van der Waals surface area contributed by atoms with Gasteiger partial charge in [-0.2, -0.15) is 4.98 Å². The Morgan fingerprint density at radius 2 is 2.07 bits per heavy atom. The molecule has 0 saturated heterocycles. The first-order valence-electron chi connectivity index (χ1n) is 8.95. The van der Waals surface area contributed by atoms with Gasteiger partial charge in [0.2, 0.25) is 5.28 Å². The molecule has 0 aliphatic carbocycles. The van der Waals surface area contributed by atoms with Gasteiger partial charge in [-0.25, -0.2) is 8.91 Å². The molecule has 0 fully saturated rings. The number of alkyl halides is 1. The Morgan fingerprint density at radius 1 is 1.36 bits per heavy atom. The molecule has 3 aromatic rings. The average Bonchev–Trinajstić information content (AvgIpc) is 2.92. The summed E-state index contributed by atoms with van der Waals surface area (Å²) < 4.78 is 15.4. The average molecular weight is 401 g/mol. The van der Waals surface area contributed by atoms with Gasteiger partial charge in [-0.1, -0.05) is 5.92 Å². The zero-order valence-corrected chi connectivity index (χ0v) is 16.8. The third-order valence-electron chi connectivity index (χ3n) is 4.61. The predicted octanol–water partition coefficient (Wildman–Crippen LogP) is 3.30. The van der Waals surface area contributed by atoms with Gasteiger partial charge in [-0.15, -0.1) is 5.10 Å². The van der Waals surface area contributed by atoms with Crippen LogP contribution in [0.15, 0.2) is 24.5 Å². The molecule has 28 heavy (non-hydrogen) atoms. The predicted molar refractivity (Wildman–Crippen MR) is 109 cm³/mol. The SMILES string of the molecule is CC#Cc1c(C[C@@H](N)[C@H](C)F)c(C)c2c(NCc3ccncc3)nc(Cl)nn12. The number of aryl methyl sites for hydroxylation is 1. The van der Waals surface area contributed by atoms with Gasteiger partial charge in [0.15, 0.2) is 5.82 Å². The highest BCUT2D eigenvalue weighted by Gasteiger charge is 2.23. The third-order valence-corrected chi connectivity index (χ3v) is 4.77. The van der Waals surface area contributed by atoms with Crippen LogP contribution in [0, 0.1) is 18.8 Å². The van der Waals surface area contributed by atoms with Crippen molar-refractivity contribution in [3.8, 4) is 11.8 Å². The molecule has 0 amide bonds. The third kappa shape index (κ3) is 4.08. The number of nitrogens with one attached hydrogen (secondary N) is 1. The molecule has 0 saturated carbocycles. The summed E-state index contributed by atoms with van der Waals surface area (Å²) in [5, 5.41) is 7.73. The Labute approximate surface area is 168 Å². The Hall–Kier alpha value is -2.69. The van der Waals surface area contributed by atoms with Crippen LogP contribution in [0.2, 0.25) is 5.28 Å². The molecule has 0 unspecified atom stereocenters. The fourth-order valence-corrected chi connectivity index (χ4v) is 3.21. The van der Waals surface area contributed by atoms with Gasteiger partial charge in [0, 0.05) is 25.0 Å². The lowest BCUT2D eigenvalue weighted by Crippen LogP contribution is -2.32. The zero-order valence-electron chi connectivity index (χ0n) is 16.0. The number of hydrogen-bond acceptors (Lipinski definition) is 5. The van der Waals surface area contributed by atoms with Crippen LogP contribution in [0.3, 0.4) is 0 Å². The molecule has 3 heterocycles. The molecule has 0 bridgehead atoms. The van der Waals surface area contributed by atoms with Crippen LogP contribution >= 0.6 is 11.6 Å². The number of anilines is 1. The summed E-state index contributed by atoms with van der Waals surface area (Å²) in [6.07, 6.45) is 2.67. The highest BCUT2D eigenvalue weighted by Crippen LogP contribution is 2.29. The van der Waals surface area contributed by atoms with E-state index in [2.05, 4.69) is 32.2 Å². The molecule has 0 aliphatic rings. The Morgan fingerprint density at radius 3 is 2.71 bits per heavy atom. The number of hydrogen-bond donors (Lipinski definition) is 2. The Balaban J connectivity index is 2.10. The van der Waals surface area contributed by atoms with Gasteiger partial charge >= 0.3 is 0 Å². The maximum atomic E-state index is 13.7. The smallest absolute Gasteiger partial charge is 0.243 e. The Bertz CT molecular complexity index is 1040. The standard InChI is InChI=1S/C20H22ClFN6/c1-4-5-17-15(10-16(23)13(3)22)12(2)18-19(26-20(21)27-28(17)18)25-11-14-6-8-24-9-7-14/h6-9,13,16H,10-11,23H2,1-3H3,(H,25,26,27)/t13-,16+/m0/s1. The lowest BCUT2D eigenvalue weighted by Gasteiger charge is -2.12. The van der Waals surface area contributed by atoms with E-state index in [1.807, 2.05) is 19.1 Å². The van der Waals surface area contributed by atoms with Crippen molar-refractivity contribution < 1.29 is 4.39 Å². The number of fused-ring (bicyclic) bond motifs is 1. The summed E-state index contributed by atoms with van der Waals surface area (Å²) in [7, 11) is 0. The van der Waals surface area contributed by atoms with Crippen molar-refractivity contribution >= 4 is 22.9 Å². The van der Waals surface area contributed by atoms with E-state index in [1.165, 1.54) is 6.92 Å².